The van der Waals surface area contributed by atoms with Gasteiger partial charge in [0.1, 0.15) is 5.82 Å². The molecule has 8 heteroatoms. The quantitative estimate of drug-likeness (QED) is 0.588. The number of nitrogens with one attached hydrogen (secondary N) is 2. The molecule has 26 heavy (non-hydrogen) atoms. The molecule has 4 aromatic rings. The third-order valence-electron chi connectivity index (χ3n) is 4.26. The predicted octanol–water partition coefficient (Wildman–Crippen LogP) is 2.18. The third kappa shape index (κ3) is 2.83. The molecule has 0 saturated carbocycles. The van der Waals surface area contributed by atoms with Gasteiger partial charge in [0, 0.05) is 18.5 Å². The van der Waals surface area contributed by atoms with E-state index >= 15 is 0 Å². The van der Waals surface area contributed by atoms with E-state index in [-0.39, 0.29) is 11.1 Å². The topological polar surface area (TPSA) is 92.9 Å². The van der Waals surface area contributed by atoms with Crippen LogP contribution < -0.4 is 11.0 Å². The Bertz CT molecular complexity index is 1130. The zero-order valence-corrected chi connectivity index (χ0v) is 15.0. The van der Waals surface area contributed by atoms with Crippen LogP contribution >= 0.6 is 0 Å². The second kappa shape index (κ2) is 5.98. The highest BCUT2D eigenvalue weighted by Gasteiger charge is 2.21. The molecule has 3 heterocycles. The smallest absolute Gasteiger partial charge is 0.326 e. The average Bonchev–Trinajstić information content (AvgIpc) is 3.15. The molecular weight excluding hydrogens is 330 g/mol. The minimum atomic E-state index is -0.150. The van der Waals surface area contributed by atoms with Gasteiger partial charge in [0.2, 0.25) is 0 Å². The van der Waals surface area contributed by atoms with Crippen molar-refractivity contribution in [3.63, 3.8) is 0 Å². The fourth-order valence-electron chi connectivity index (χ4n) is 2.98. The van der Waals surface area contributed by atoms with Crippen LogP contribution in [0.15, 0.2) is 41.2 Å². The Kier molecular flexibility index (Phi) is 3.75. The first-order valence-corrected chi connectivity index (χ1v) is 8.58. The van der Waals surface area contributed by atoms with Gasteiger partial charge in [0.25, 0.3) is 0 Å². The Morgan fingerprint density at radius 1 is 1.12 bits per heavy atom. The highest BCUT2D eigenvalue weighted by molar-refractivity contribution is 5.74. The first kappa shape index (κ1) is 16.3. The second-order valence-corrected chi connectivity index (χ2v) is 7.29. The van der Waals surface area contributed by atoms with Crippen molar-refractivity contribution in [1.82, 2.24) is 29.4 Å². The first-order chi connectivity index (χ1) is 12.4. The Labute approximate surface area is 149 Å². The molecule has 0 bridgehead atoms. The minimum Gasteiger partial charge on any atom is -0.367 e. The van der Waals surface area contributed by atoms with Gasteiger partial charge in [-0.3, -0.25) is 4.57 Å². The number of anilines is 1. The zero-order valence-electron chi connectivity index (χ0n) is 15.0. The Hall–Kier alpha value is -3.16. The van der Waals surface area contributed by atoms with E-state index in [4.69, 9.17) is 0 Å². The summed E-state index contributed by atoms with van der Waals surface area (Å²) in [6, 6.07) is 11.4. The highest BCUT2D eigenvalue weighted by Crippen LogP contribution is 2.20. The average molecular weight is 351 g/mol. The molecule has 3 aromatic heterocycles. The van der Waals surface area contributed by atoms with Gasteiger partial charge >= 0.3 is 5.69 Å². The number of fused-ring (bicyclic) bond motifs is 2. The maximum Gasteiger partial charge on any atom is 0.326 e. The summed E-state index contributed by atoms with van der Waals surface area (Å²) < 4.78 is 3.49. The van der Waals surface area contributed by atoms with Crippen LogP contribution in [0.25, 0.3) is 16.7 Å². The van der Waals surface area contributed by atoms with E-state index < -0.39 is 0 Å². The Morgan fingerprint density at radius 2 is 1.92 bits per heavy atom. The number of hydrogen-bond donors (Lipinski definition) is 2. The van der Waals surface area contributed by atoms with Gasteiger partial charge < -0.3 is 10.3 Å². The summed E-state index contributed by atoms with van der Waals surface area (Å²) >= 11 is 0. The van der Waals surface area contributed by atoms with Crippen LogP contribution in [-0.4, -0.2) is 35.9 Å². The molecule has 0 saturated heterocycles. The first-order valence-electron chi connectivity index (χ1n) is 8.58. The summed E-state index contributed by atoms with van der Waals surface area (Å²) in [7, 11) is 0. The molecular formula is C18H21N7O. The van der Waals surface area contributed by atoms with Gasteiger partial charge in [-0.1, -0.05) is 32.9 Å². The van der Waals surface area contributed by atoms with Gasteiger partial charge in [0.05, 0.1) is 11.0 Å². The minimum absolute atomic E-state index is 0.106. The molecule has 8 nitrogen and oxygen atoms in total. The maximum atomic E-state index is 12.1. The van der Waals surface area contributed by atoms with Crippen molar-refractivity contribution in [2.75, 3.05) is 11.9 Å². The lowest BCUT2D eigenvalue weighted by Crippen LogP contribution is -2.22. The molecule has 134 valence electrons. The zero-order chi connectivity index (χ0) is 18.3. The summed E-state index contributed by atoms with van der Waals surface area (Å²) in [6.45, 7) is 7.35. The van der Waals surface area contributed by atoms with Crippen molar-refractivity contribution in [3.8, 4) is 0 Å². The van der Waals surface area contributed by atoms with Crippen LogP contribution in [0.2, 0.25) is 0 Å². The van der Waals surface area contributed by atoms with E-state index in [9.17, 15) is 4.79 Å². The van der Waals surface area contributed by atoms with Crippen LogP contribution in [0.4, 0.5) is 5.82 Å². The largest absolute Gasteiger partial charge is 0.367 e. The van der Waals surface area contributed by atoms with E-state index in [2.05, 4.69) is 46.4 Å². The number of imidazole rings is 1. The maximum absolute atomic E-state index is 12.1. The molecule has 0 radical (unpaired) electrons. The number of para-hydroxylation sites is 2. The van der Waals surface area contributed by atoms with Gasteiger partial charge in [-0.05, 0) is 24.3 Å². The lowest BCUT2D eigenvalue weighted by atomic mass is 9.96. The van der Waals surface area contributed by atoms with Gasteiger partial charge in [0.15, 0.2) is 11.5 Å². The predicted molar refractivity (Wildman–Crippen MR) is 101 cm³/mol. The molecule has 0 aliphatic carbocycles. The van der Waals surface area contributed by atoms with Crippen molar-refractivity contribution in [2.24, 2.45) is 0 Å². The summed E-state index contributed by atoms with van der Waals surface area (Å²) in [5.41, 5.74) is 2.20. The number of H-pyrrole nitrogens is 1. The third-order valence-corrected chi connectivity index (χ3v) is 4.26. The molecule has 0 aliphatic rings. The summed E-state index contributed by atoms with van der Waals surface area (Å²) in [4.78, 5) is 15.0. The molecule has 0 unspecified atom stereocenters. The molecule has 0 fully saturated rings. The van der Waals surface area contributed by atoms with Crippen molar-refractivity contribution in [1.29, 1.82) is 0 Å². The van der Waals surface area contributed by atoms with E-state index in [1.54, 1.807) is 9.08 Å². The number of aromatic nitrogens is 6. The molecule has 0 atom stereocenters. The molecule has 0 spiro atoms. The van der Waals surface area contributed by atoms with Gasteiger partial charge in [-0.15, -0.1) is 15.3 Å². The molecule has 0 aliphatic heterocycles. The highest BCUT2D eigenvalue weighted by atomic mass is 16.1. The molecule has 1 aromatic carbocycles. The lowest BCUT2D eigenvalue weighted by molar-refractivity contribution is 0.527. The Balaban J connectivity index is 1.54. The van der Waals surface area contributed by atoms with E-state index in [1.807, 2.05) is 36.4 Å². The Morgan fingerprint density at radius 3 is 2.73 bits per heavy atom. The summed E-state index contributed by atoms with van der Waals surface area (Å²) in [6.07, 6.45) is 0. The molecule has 2 N–H and O–H groups in total. The van der Waals surface area contributed by atoms with Crippen molar-refractivity contribution < 1.29 is 0 Å². The molecule has 4 rings (SSSR count). The SMILES string of the molecule is CC(C)(C)c1nnc2ccc(NCCn3c(=O)[nH]c4ccccc43)nn12. The van der Waals surface area contributed by atoms with Crippen LogP contribution in [0.1, 0.15) is 26.6 Å². The molecule has 0 amide bonds. The standard InChI is InChI=1S/C18H21N7O/c1-18(2,3)16-22-21-15-9-8-14(23-25(15)16)19-10-11-24-13-7-5-4-6-12(13)20-17(24)26/h4-9H,10-11H2,1-3H3,(H,19,23)(H,20,26). The van der Waals surface area contributed by atoms with Crippen molar-refractivity contribution in [3.05, 3.63) is 52.7 Å². The summed E-state index contributed by atoms with van der Waals surface area (Å²) in [5, 5.41) is 16.3. The van der Waals surface area contributed by atoms with Crippen LogP contribution in [0.3, 0.4) is 0 Å². The summed E-state index contributed by atoms with van der Waals surface area (Å²) in [5.74, 6) is 1.53. The van der Waals surface area contributed by atoms with Gasteiger partial charge in [-0.2, -0.15) is 4.52 Å². The number of aromatic amines is 1. The second-order valence-electron chi connectivity index (χ2n) is 7.29. The number of hydrogen-bond acceptors (Lipinski definition) is 5. The fraction of sp³-hybridized carbons (Fsp3) is 0.333. The number of rotatable bonds is 4. The van der Waals surface area contributed by atoms with E-state index in [1.165, 1.54) is 0 Å². The normalized spacial score (nSPS) is 12.1. The van der Waals surface area contributed by atoms with Crippen LogP contribution in [0.5, 0.6) is 0 Å². The lowest BCUT2D eigenvalue weighted by Gasteiger charge is -2.15. The monoisotopic (exact) mass is 351 g/mol. The van der Waals surface area contributed by atoms with E-state index in [0.717, 1.165) is 22.7 Å². The number of nitrogens with zero attached hydrogens (tertiary/aromatic N) is 5. The van der Waals surface area contributed by atoms with Crippen LogP contribution in [-0.2, 0) is 12.0 Å². The fourth-order valence-corrected chi connectivity index (χ4v) is 2.98. The van der Waals surface area contributed by atoms with Gasteiger partial charge in [-0.25, -0.2) is 4.79 Å². The van der Waals surface area contributed by atoms with E-state index in [0.29, 0.717) is 18.7 Å². The number of benzene rings is 1. The van der Waals surface area contributed by atoms with Crippen LogP contribution in [0, 0.1) is 0 Å². The van der Waals surface area contributed by atoms with Crippen molar-refractivity contribution in [2.45, 2.75) is 32.7 Å². The van der Waals surface area contributed by atoms with Crippen molar-refractivity contribution >= 4 is 22.5 Å².